The molecule has 0 fully saturated rings. The summed E-state index contributed by atoms with van der Waals surface area (Å²) in [4.78, 5) is 14.1. The summed E-state index contributed by atoms with van der Waals surface area (Å²) in [7, 11) is 0. The van der Waals surface area contributed by atoms with Crippen LogP contribution in [0.25, 0.3) is 0 Å². The number of carbonyl (C=O) groups is 1. The van der Waals surface area contributed by atoms with Gasteiger partial charge in [0.1, 0.15) is 0 Å². The summed E-state index contributed by atoms with van der Waals surface area (Å²) in [6.45, 7) is 5.94. The lowest BCUT2D eigenvalue weighted by Gasteiger charge is -2.19. The standard InChI is InChI=1S/C28H38O3S/c1-3-5-7-11-17-30-27(31-18-12-8-6-4-2)20-22-15-16-25-26(19-22)32-21-23-13-9-10-14-24(23)28(25)29/h9-10,13-16,19,27H,3-8,11-12,17-18,20-21H2,1-2H3. The van der Waals surface area contributed by atoms with Crippen LogP contribution < -0.4 is 0 Å². The monoisotopic (exact) mass is 454 g/mol. The lowest BCUT2D eigenvalue weighted by Crippen LogP contribution is -2.22. The van der Waals surface area contributed by atoms with E-state index < -0.39 is 0 Å². The molecule has 0 aliphatic carbocycles. The van der Waals surface area contributed by atoms with Crippen LogP contribution in [-0.2, 0) is 21.6 Å². The molecular formula is C28H38O3S. The van der Waals surface area contributed by atoms with E-state index in [9.17, 15) is 4.79 Å². The number of hydrogen-bond donors (Lipinski definition) is 0. The van der Waals surface area contributed by atoms with Crippen LogP contribution in [0.1, 0.15) is 92.3 Å². The van der Waals surface area contributed by atoms with E-state index in [2.05, 4.69) is 32.0 Å². The number of hydrogen-bond acceptors (Lipinski definition) is 4. The summed E-state index contributed by atoms with van der Waals surface area (Å²) in [5.41, 5.74) is 3.92. The van der Waals surface area contributed by atoms with Crippen molar-refractivity contribution in [3.8, 4) is 0 Å². The molecule has 2 aromatic rings. The van der Waals surface area contributed by atoms with Crippen molar-refractivity contribution >= 4 is 17.5 Å². The molecule has 0 bridgehead atoms. The summed E-state index contributed by atoms with van der Waals surface area (Å²) >= 11 is 1.75. The Kier molecular flexibility index (Phi) is 10.8. The number of fused-ring (bicyclic) bond motifs is 2. The lowest BCUT2D eigenvalue weighted by molar-refractivity contribution is -0.142. The third-order valence-electron chi connectivity index (χ3n) is 5.94. The molecule has 2 aromatic carbocycles. The second-order valence-electron chi connectivity index (χ2n) is 8.60. The van der Waals surface area contributed by atoms with Gasteiger partial charge in [-0.3, -0.25) is 4.79 Å². The quantitative estimate of drug-likeness (QED) is 0.218. The van der Waals surface area contributed by atoms with Gasteiger partial charge in [0.25, 0.3) is 0 Å². The van der Waals surface area contributed by atoms with Crippen LogP contribution in [0.4, 0.5) is 0 Å². The number of rotatable bonds is 14. The zero-order valence-electron chi connectivity index (χ0n) is 19.7. The van der Waals surface area contributed by atoms with Crippen molar-refractivity contribution in [2.45, 2.75) is 88.6 Å². The summed E-state index contributed by atoms with van der Waals surface area (Å²) in [5, 5.41) is 0. The van der Waals surface area contributed by atoms with Gasteiger partial charge in [-0.15, -0.1) is 11.8 Å². The van der Waals surface area contributed by atoms with E-state index in [0.29, 0.717) is 0 Å². The van der Waals surface area contributed by atoms with Crippen LogP contribution >= 0.6 is 11.8 Å². The molecule has 3 nitrogen and oxygen atoms in total. The van der Waals surface area contributed by atoms with Crippen LogP contribution in [0.2, 0.25) is 0 Å². The van der Waals surface area contributed by atoms with Crippen LogP contribution in [0, 0.1) is 0 Å². The second kappa shape index (κ2) is 13.8. The van der Waals surface area contributed by atoms with Gasteiger partial charge in [-0.25, -0.2) is 0 Å². The minimum Gasteiger partial charge on any atom is -0.352 e. The van der Waals surface area contributed by atoms with Gasteiger partial charge in [0, 0.05) is 41.4 Å². The molecule has 1 aliphatic heterocycles. The molecule has 3 rings (SSSR count). The first kappa shape index (κ1) is 25.0. The van der Waals surface area contributed by atoms with Crippen molar-refractivity contribution in [2.24, 2.45) is 0 Å². The number of benzene rings is 2. The molecule has 0 saturated heterocycles. The molecule has 0 aromatic heterocycles. The average molecular weight is 455 g/mol. The Hall–Kier alpha value is -1.62. The Morgan fingerprint density at radius 2 is 1.53 bits per heavy atom. The van der Waals surface area contributed by atoms with Gasteiger partial charge in [0.15, 0.2) is 12.1 Å². The molecule has 1 aliphatic rings. The molecule has 0 amide bonds. The van der Waals surface area contributed by atoms with Gasteiger partial charge in [0.05, 0.1) is 0 Å². The molecule has 0 radical (unpaired) electrons. The zero-order chi connectivity index (χ0) is 22.6. The highest BCUT2D eigenvalue weighted by Gasteiger charge is 2.22. The fourth-order valence-electron chi connectivity index (χ4n) is 4.01. The maximum Gasteiger partial charge on any atom is 0.194 e. The minimum atomic E-state index is -0.222. The summed E-state index contributed by atoms with van der Waals surface area (Å²) in [6.07, 6.45) is 10.0. The van der Waals surface area contributed by atoms with Crippen molar-refractivity contribution in [1.29, 1.82) is 0 Å². The lowest BCUT2D eigenvalue weighted by atomic mass is 9.98. The molecule has 0 N–H and O–H groups in total. The van der Waals surface area contributed by atoms with E-state index in [0.717, 1.165) is 59.8 Å². The SMILES string of the molecule is CCCCCCOC(Cc1ccc2c(c1)SCc1ccccc1C2=O)OCCCCCC. The Labute approximate surface area is 198 Å². The van der Waals surface area contributed by atoms with Crippen molar-refractivity contribution in [1.82, 2.24) is 0 Å². The summed E-state index contributed by atoms with van der Waals surface area (Å²) in [6, 6.07) is 14.2. The predicted molar refractivity (Wildman–Crippen MR) is 134 cm³/mol. The van der Waals surface area contributed by atoms with Crippen molar-refractivity contribution in [3.05, 3.63) is 64.7 Å². The van der Waals surface area contributed by atoms with Crippen molar-refractivity contribution in [2.75, 3.05) is 13.2 Å². The number of unbranched alkanes of at least 4 members (excludes halogenated alkanes) is 6. The van der Waals surface area contributed by atoms with Gasteiger partial charge in [-0.2, -0.15) is 0 Å². The smallest absolute Gasteiger partial charge is 0.194 e. The fraction of sp³-hybridized carbons (Fsp3) is 0.536. The summed E-state index contributed by atoms with van der Waals surface area (Å²) in [5.74, 6) is 0.951. The third kappa shape index (κ3) is 7.47. The second-order valence-corrected chi connectivity index (χ2v) is 9.62. The number of carbonyl (C=O) groups excluding carboxylic acids is 1. The molecule has 1 heterocycles. The molecule has 4 heteroatoms. The first-order valence-corrected chi connectivity index (χ1v) is 13.3. The van der Waals surface area contributed by atoms with E-state index in [-0.39, 0.29) is 12.1 Å². The average Bonchev–Trinajstić information content (AvgIpc) is 2.95. The Balaban J connectivity index is 1.64. The zero-order valence-corrected chi connectivity index (χ0v) is 20.6. The third-order valence-corrected chi connectivity index (χ3v) is 7.05. The maximum atomic E-state index is 13.1. The molecule has 32 heavy (non-hydrogen) atoms. The Morgan fingerprint density at radius 3 is 2.22 bits per heavy atom. The van der Waals surface area contributed by atoms with Crippen LogP contribution in [0.5, 0.6) is 0 Å². The van der Waals surface area contributed by atoms with Crippen molar-refractivity contribution < 1.29 is 14.3 Å². The highest BCUT2D eigenvalue weighted by Crippen LogP contribution is 2.34. The molecule has 0 spiro atoms. The first-order chi connectivity index (χ1) is 15.7. The number of thioether (sulfide) groups is 1. The fourth-order valence-corrected chi connectivity index (χ4v) is 5.13. The van der Waals surface area contributed by atoms with E-state index in [1.807, 2.05) is 24.3 Å². The van der Waals surface area contributed by atoms with E-state index >= 15 is 0 Å². The minimum absolute atomic E-state index is 0.128. The van der Waals surface area contributed by atoms with Crippen LogP contribution in [-0.4, -0.2) is 25.3 Å². The van der Waals surface area contributed by atoms with Crippen molar-refractivity contribution in [3.63, 3.8) is 0 Å². The van der Waals surface area contributed by atoms with Gasteiger partial charge < -0.3 is 9.47 Å². The number of ether oxygens (including phenoxy) is 2. The summed E-state index contributed by atoms with van der Waals surface area (Å²) < 4.78 is 12.3. The van der Waals surface area contributed by atoms with E-state index in [1.165, 1.54) is 44.1 Å². The van der Waals surface area contributed by atoms with Crippen LogP contribution in [0.3, 0.4) is 0 Å². The molecule has 0 saturated carbocycles. The maximum absolute atomic E-state index is 13.1. The predicted octanol–water partition coefficient (Wildman–Crippen LogP) is 7.59. The van der Waals surface area contributed by atoms with Gasteiger partial charge in [-0.05, 0) is 36.1 Å². The Morgan fingerprint density at radius 1 is 0.844 bits per heavy atom. The highest BCUT2D eigenvalue weighted by molar-refractivity contribution is 7.98. The normalized spacial score (nSPS) is 13.2. The molecular weight excluding hydrogens is 416 g/mol. The topological polar surface area (TPSA) is 35.5 Å². The highest BCUT2D eigenvalue weighted by atomic mass is 32.2. The number of ketones is 1. The van der Waals surface area contributed by atoms with E-state index in [4.69, 9.17) is 9.47 Å². The molecule has 0 unspecified atom stereocenters. The Bertz CT molecular complexity index is 834. The van der Waals surface area contributed by atoms with E-state index in [1.54, 1.807) is 11.8 Å². The molecule has 174 valence electrons. The van der Waals surface area contributed by atoms with Gasteiger partial charge >= 0.3 is 0 Å². The van der Waals surface area contributed by atoms with Gasteiger partial charge in [0.2, 0.25) is 0 Å². The van der Waals surface area contributed by atoms with Gasteiger partial charge in [-0.1, -0.05) is 82.7 Å². The van der Waals surface area contributed by atoms with Crippen LogP contribution in [0.15, 0.2) is 47.4 Å². The first-order valence-electron chi connectivity index (χ1n) is 12.3. The largest absolute Gasteiger partial charge is 0.352 e. The molecule has 0 atom stereocenters.